The predicted octanol–water partition coefficient (Wildman–Crippen LogP) is 4.34. The number of hydrogen-bond donors (Lipinski definition) is 2. The van der Waals surface area contributed by atoms with Gasteiger partial charge in [0.1, 0.15) is 5.76 Å². The van der Waals surface area contributed by atoms with Crippen LogP contribution in [-0.2, 0) is 6.42 Å². The summed E-state index contributed by atoms with van der Waals surface area (Å²) in [5.41, 5.74) is 0. The van der Waals surface area contributed by atoms with Gasteiger partial charge in [-0.3, -0.25) is 4.99 Å². The highest BCUT2D eigenvalue weighted by Crippen LogP contribution is 2.21. The molecule has 0 bridgehead atoms. The standard InChI is InChI=1S/C18H28N4OS.HI/c1-4-5-9-19-18(20-10-8-16-7-6-11-23-16)22-12-14(2)17-21-13-15(3)24-17;/h6-7,11,13-14H,4-5,8-10,12H2,1-3H3,(H2,19,20,22);1H. The molecule has 2 N–H and O–H groups in total. The third-order valence-corrected chi connectivity index (χ3v) is 4.80. The van der Waals surface area contributed by atoms with Crippen molar-refractivity contribution in [2.24, 2.45) is 4.99 Å². The minimum atomic E-state index is 0. The first kappa shape index (κ1) is 22.0. The number of furan rings is 1. The van der Waals surface area contributed by atoms with E-state index in [9.17, 15) is 0 Å². The maximum Gasteiger partial charge on any atom is 0.191 e. The molecule has 0 saturated carbocycles. The summed E-state index contributed by atoms with van der Waals surface area (Å²) in [6, 6.07) is 3.91. The van der Waals surface area contributed by atoms with Crippen molar-refractivity contribution in [1.29, 1.82) is 0 Å². The Hall–Kier alpha value is -1.09. The van der Waals surface area contributed by atoms with Gasteiger partial charge < -0.3 is 15.1 Å². The Kier molecular flexibility index (Phi) is 10.8. The van der Waals surface area contributed by atoms with Gasteiger partial charge in [-0.05, 0) is 25.5 Å². The molecule has 2 heterocycles. The molecular weight excluding hydrogens is 447 g/mol. The Balaban J connectivity index is 0.00000312. The van der Waals surface area contributed by atoms with Crippen LogP contribution in [0.5, 0.6) is 0 Å². The van der Waals surface area contributed by atoms with Crippen LogP contribution in [0.4, 0.5) is 0 Å². The van der Waals surface area contributed by atoms with Gasteiger partial charge in [0.25, 0.3) is 0 Å². The van der Waals surface area contributed by atoms with Gasteiger partial charge in [0, 0.05) is 36.5 Å². The first-order valence-electron chi connectivity index (χ1n) is 8.66. The van der Waals surface area contributed by atoms with Gasteiger partial charge in [-0.2, -0.15) is 0 Å². The molecule has 0 aromatic carbocycles. The summed E-state index contributed by atoms with van der Waals surface area (Å²) in [7, 11) is 0. The van der Waals surface area contributed by atoms with E-state index >= 15 is 0 Å². The van der Waals surface area contributed by atoms with E-state index in [1.54, 1.807) is 17.6 Å². The fourth-order valence-electron chi connectivity index (χ4n) is 2.22. The van der Waals surface area contributed by atoms with Crippen LogP contribution in [0, 0.1) is 6.92 Å². The summed E-state index contributed by atoms with van der Waals surface area (Å²) < 4.78 is 5.37. The molecule has 0 fully saturated rings. The lowest BCUT2D eigenvalue weighted by Gasteiger charge is -2.13. The highest BCUT2D eigenvalue weighted by Gasteiger charge is 2.09. The number of aromatic nitrogens is 1. The van der Waals surface area contributed by atoms with Crippen molar-refractivity contribution in [3.8, 4) is 0 Å². The minimum absolute atomic E-state index is 0. The van der Waals surface area contributed by atoms with E-state index < -0.39 is 0 Å². The lowest BCUT2D eigenvalue weighted by Crippen LogP contribution is -2.39. The number of aliphatic imine (C=N–C) groups is 1. The van der Waals surface area contributed by atoms with Crippen molar-refractivity contribution in [2.75, 3.05) is 19.6 Å². The van der Waals surface area contributed by atoms with E-state index in [2.05, 4.69) is 36.4 Å². The van der Waals surface area contributed by atoms with E-state index in [1.807, 2.05) is 18.3 Å². The second-order valence-corrected chi connectivity index (χ2v) is 7.20. The molecule has 5 nitrogen and oxygen atoms in total. The molecule has 0 aliphatic rings. The van der Waals surface area contributed by atoms with Crippen molar-refractivity contribution < 1.29 is 4.42 Å². The number of nitrogens with zero attached hydrogens (tertiary/aromatic N) is 2. The number of unbranched alkanes of at least 4 members (excludes halogenated alkanes) is 1. The second-order valence-electron chi connectivity index (χ2n) is 5.94. The van der Waals surface area contributed by atoms with Gasteiger partial charge in [-0.1, -0.05) is 20.3 Å². The first-order chi connectivity index (χ1) is 11.7. The number of aryl methyl sites for hydroxylation is 1. The Labute approximate surface area is 171 Å². The van der Waals surface area contributed by atoms with Gasteiger partial charge in [-0.25, -0.2) is 4.98 Å². The largest absolute Gasteiger partial charge is 0.469 e. The Morgan fingerprint density at radius 2 is 2.16 bits per heavy atom. The Bertz CT molecular complexity index is 612. The molecule has 0 saturated heterocycles. The molecular formula is C18H29IN4OS. The van der Waals surface area contributed by atoms with Gasteiger partial charge in [0.15, 0.2) is 5.96 Å². The number of nitrogens with one attached hydrogen (secondary N) is 2. The third kappa shape index (κ3) is 8.22. The molecule has 140 valence electrons. The number of halogens is 1. The van der Waals surface area contributed by atoms with E-state index in [1.165, 1.54) is 11.3 Å². The minimum Gasteiger partial charge on any atom is -0.469 e. The highest BCUT2D eigenvalue weighted by atomic mass is 127. The maximum absolute atomic E-state index is 5.37. The summed E-state index contributed by atoms with van der Waals surface area (Å²) in [6.45, 7) is 8.92. The zero-order valence-corrected chi connectivity index (χ0v) is 18.4. The van der Waals surface area contributed by atoms with E-state index in [0.717, 1.165) is 49.2 Å². The number of hydrogen-bond acceptors (Lipinski definition) is 4. The summed E-state index contributed by atoms with van der Waals surface area (Å²) in [5, 5.41) is 7.95. The van der Waals surface area contributed by atoms with Gasteiger partial charge in [0.2, 0.25) is 0 Å². The molecule has 0 aliphatic carbocycles. The summed E-state index contributed by atoms with van der Waals surface area (Å²) in [5.74, 6) is 2.19. The Morgan fingerprint density at radius 3 is 2.80 bits per heavy atom. The summed E-state index contributed by atoms with van der Waals surface area (Å²) >= 11 is 1.75. The molecule has 0 amide bonds. The average molecular weight is 476 g/mol. The number of thiazole rings is 1. The average Bonchev–Trinajstić information content (AvgIpc) is 3.23. The van der Waals surface area contributed by atoms with Crippen LogP contribution >= 0.6 is 35.3 Å². The molecule has 2 aromatic heterocycles. The highest BCUT2D eigenvalue weighted by molar-refractivity contribution is 14.0. The smallest absolute Gasteiger partial charge is 0.191 e. The van der Waals surface area contributed by atoms with Gasteiger partial charge in [-0.15, -0.1) is 35.3 Å². The van der Waals surface area contributed by atoms with Crippen LogP contribution in [0.1, 0.15) is 48.3 Å². The molecule has 2 rings (SSSR count). The molecule has 1 unspecified atom stereocenters. The fourth-order valence-corrected chi connectivity index (χ4v) is 3.04. The normalized spacial score (nSPS) is 12.5. The van der Waals surface area contributed by atoms with Crippen LogP contribution in [-0.4, -0.2) is 30.6 Å². The summed E-state index contributed by atoms with van der Waals surface area (Å²) in [4.78, 5) is 10.4. The topological polar surface area (TPSA) is 62.5 Å². The second kappa shape index (κ2) is 12.3. The zero-order chi connectivity index (χ0) is 17.2. The molecule has 25 heavy (non-hydrogen) atoms. The Morgan fingerprint density at radius 1 is 1.36 bits per heavy atom. The molecule has 1 atom stereocenters. The van der Waals surface area contributed by atoms with Crippen LogP contribution in [0.15, 0.2) is 34.0 Å². The molecule has 0 radical (unpaired) electrons. The van der Waals surface area contributed by atoms with E-state index in [-0.39, 0.29) is 24.0 Å². The van der Waals surface area contributed by atoms with E-state index in [0.29, 0.717) is 5.92 Å². The fraction of sp³-hybridized carbons (Fsp3) is 0.556. The van der Waals surface area contributed by atoms with Crippen LogP contribution < -0.4 is 10.6 Å². The van der Waals surface area contributed by atoms with Gasteiger partial charge in [0.05, 0.1) is 17.8 Å². The maximum atomic E-state index is 5.37. The number of rotatable bonds is 9. The molecule has 0 aliphatic heterocycles. The van der Waals surface area contributed by atoms with Gasteiger partial charge >= 0.3 is 0 Å². The van der Waals surface area contributed by atoms with Crippen molar-refractivity contribution in [1.82, 2.24) is 15.6 Å². The van der Waals surface area contributed by atoms with Crippen molar-refractivity contribution in [3.05, 3.63) is 40.2 Å². The third-order valence-electron chi connectivity index (χ3n) is 3.65. The molecule has 2 aromatic rings. The van der Waals surface area contributed by atoms with Crippen LogP contribution in [0.2, 0.25) is 0 Å². The predicted molar refractivity (Wildman–Crippen MR) is 116 cm³/mol. The van der Waals surface area contributed by atoms with Crippen molar-refractivity contribution >= 4 is 41.3 Å². The zero-order valence-electron chi connectivity index (χ0n) is 15.2. The van der Waals surface area contributed by atoms with E-state index in [4.69, 9.17) is 9.41 Å². The monoisotopic (exact) mass is 476 g/mol. The quantitative estimate of drug-likeness (QED) is 0.245. The molecule has 7 heteroatoms. The summed E-state index contributed by atoms with van der Waals surface area (Å²) in [6.07, 6.45) is 6.80. The van der Waals surface area contributed by atoms with Crippen LogP contribution in [0.3, 0.4) is 0 Å². The molecule has 0 spiro atoms. The van der Waals surface area contributed by atoms with Crippen LogP contribution in [0.25, 0.3) is 0 Å². The lowest BCUT2D eigenvalue weighted by atomic mass is 10.2. The number of guanidine groups is 1. The SMILES string of the molecule is CCCCNC(=NCC(C)c1ncc(C)s1)NCCc1ccco1.I. The van der Waals surface area contributed by atoms with Crippen molar-refractivity contribution in [2.45, 2.75) is 46.0 Å². The lowest BCUT2D eigenvalue weighted by molar-refractivity contribution is 0.506. The first-order valence-corrected chi connectivity index (χ1v) is 9.47. The van der Waals surface area contributed by atoms with Crippen molar-refractivity contribution in [3.63, 3.8) is 0 Å².